The predicted molar refractivity (Wildman–Crippen MR) is 115 cm³/mol. The van der Waals surface area contributed by atoms with Gasteiger partial charge in [0.25, 0.3) is 11.6 Å². The van der Waals surface area contributed by atoms with E-state index in [1.54, 1.807) is 6.07 Å². The number of nitro benzene ring substituents is 1. The van der Waals surface area contributed by atoms with Gasteiger partial charge in [0.05, 0.1) is 11.1 Å². The zero-order valence-electron chi connectivity index (χ0n) is 16.2. The largest absolute Gasteiger partial charge is 0.322 e. The molecule has 3 rings (SSSR count). The van der Waals surface area contributed by atoms with Gasteiger partial charge in [0.2, 0.25) is 0 Å². The van der Waals surface area contributed by atoms with Gasteiger partial charge in [-0.1, -0.05) is 47.5 Å². The Morgan fingerprint density at radius 2 is 1.80 bits per heavy atom. The van der Waals surface area contributed by atoms with E-state index in [0.717, 1.165) is 43.3 Å². The lowest BCUT2D eigenvalue weighted by Gasteiger charge is -2.29. The second-order valence-electron chi connectivity index (χ2n) is 7.21. The van der Waals surface area contributed by atoms with E-state index in [2.05, 4.69) is 16.6 Å². The molecule has 10 heteroatoms. The molecule has 1 aliphatic rings. The minimum Gasteiger partial charge on any atom is -0.322 e. The minimum absolute atomic E-state index is 0.0561. The van der Waals surface area contributed by atoms with Crippen LogP contribution in [0.4, 0.5) is 5.69 Å². The Morgan fingerprint density at radius 3 is 2.50 bits per heavy atom. The summed E-state index contributed by atoms with van der Waals surface area (Å²) in [6.07, 6.45) is 1.36. The van der Waals surface area contributed by atoms with Crippen LogP contribution in [0.1, 0.15) is 11.1 Å². The van der Waals surface area contributed by atoms with Crippen molar-refractivity contribution in [2.75, 3.05) is 32.7 Å². The Morgan fingerprint density at radius 1 is 1.10 bits per heavy atom. The number of nitro groups is 1. The average molecular weight is 452 g/mol. The Hall–Kier alpha value is -2.52. The summed E-state index contributed by atoms with van der Waals surface area (Å²) in [5, 5.41) is 15.7. The van der Waals surface area contributed by atoms with Gasteiger partial charge in [-0.25, -0.2) is 5.43 Å². The van der Waals surface area contributed by atoms with Crippen LogP contribution in [0.5, 0.6) is 0 Å². The third kappa shape index (κ3) is 6.24. The van der Waals surface area contributed by atoms with Crippen molar-refractivity contribution in [3.05, 3.63) is 73.8 Å². The molecule has 3 N–H and O–H groups in total. The zero-order valence-corrected chi connectivity index (χ0v) is 17.7. The van der Waals surface area contributed by atoms with E-state index in [-0.39, 0.29) is 16.6 Å². The van der Waals surface area contributed by atoms with Crippen molar-refractivity contribution in [3.8, 4) is 0 Å². The highest BCUT2D eigenvalue weighted by Crippen LogP contribution is 2.24. The number of hydrazone groups is 1. The molecule has 0 saturated carbocycles. The Kier molecular flexibility index (Phi) is 7.75. The maximum atomic E-state index is 12.1. The van der Waals surface area contributed by atoms with Crippen molar-refractivity contribution >= 4 is 41.0 Å². The molecule has 2 aromatic carbocycles. The van der Waals surface area contributed by atoms with E-state index < -0.39 is 4.92 Å². The number of carbonyl (C=O) groups excluding carboxylic acids is 1. The molecule has 158 valence electrons. The number of hydrogen-bond donors (Lipinski definition) is 3. The number of benzene rings is 2. The zero-order chi connectivity index (χ0) is 21.5. The van der Waals surface area contributed by atoms with Crippen LogP contribution in [0.15, 0.2) is 47.6 Å². The van der Waals surface area contributed by atoms with E-state index in [1.807, 2.05) is 18.2 Å². The molecule has 8 nitrogen and oxygen atoms in total. The van der Waals surface area contributed by atoms with Crippen LogP contribution < -0.4 is 15.2 Å². The van der Waals surface area contributed by atoms with Crippen LogP contribution >= 0.6 is 23.2 Å². The molecule has 0 aliphatic carbocycles. The Balaban J connectivity index is 1.43. The van der Waals surface area contributed by atoms with E-state index in [9.17, 15) is 14.9 Å². The second kappa shape index (κ2) is 10.5. The smallest absolute Gasteiger partial charge is 0.295 e. The van der Waals surface area contributed by atoms with Crippen LogP contribution in [0.3, 0.4) is 0 Å². The lowest BCUT2D eigenvalue weighted by Crippen LogP contribution is -3.28. The predicted octanol–water partition coefficient (Wildman–Crippen LogP) is 0.335. The highest BCUT2D eigenvalue weighted by Gasteiger charge is 2.25. The SMILES string of the molecule is O=C(C[NH+]1CC[NH+](Cc2ccccc2Cl)CC1)N/N=C\c1ccc(Cl)c([N+](=O)[O-])c1. The van der Waals surface area contributed by atoms with E-state index in [1.165, 1.54) is 28.1 Å². The third-order valence-corrected chi connectivity index (χ3v) is 5.73. The maximum absolute atomic E-state index is 12.1. The molecule has 0 atom stereocenters. The first-order valence-corrected chi connectivity index (χ1v) is 10.3. The van der Waals surface area contributed by atoms with Gasteiger partial charge in [-0.2, -0.15) is 5.10 Å². The normalized spacial score (nSPS) is 19.0. The summed E-state index contributed by atoms with van der Waals surface area (Å²) in [4.78, 5) is 25.2. The fourth-order valence-corrected chi connectivity index (χ4v) is 3.81. The maximum Gasteiger partial charge on any atom is 0.295 e. The summed E-state index contributed by atoms with van der Waals surface area (Å²) in [5.74, 6) is -0.195. The lowest BCUT2D eigenvalue weighted by molar-refractivity contribution is -1.02. The summed E-state index contributed by atoms with van der Waals surface area (Å²) >= 11 is 12.0. The summed E-state index contributed by atoms with van der Waals surface area (Å²) < 4.78 is 0. The van der Waals surface area contributed by atoms with Crippen molar-refractivity contribution in [2.45, 2.75) is 6.54 Å². The Bertz CT molecular complexity index is 946. The number of hydrogen-bond acceptors (Lipinski definition) is 4. The van der Waals surface area contributed by atoms with Gasteiger partial charge in [-0.15, -0.1) is 0 Å². The molecule has 0 unspecified atom stereocenters. The molecule has 30 heavy (non-hydrogen) atoms. The molecule has 1 heterocycles. The van der Waals surface area contributed by atoms with Gasteiger partial charge in [0.15, 0.2) is 6.54 Å². The molecule has 1 aliphatic heterocycles. The highest BCUT2D eigenvalue weighted by atomic mass is 35.5. The second-order valence-corrected chi connectivity index (χ2v) is 8.02. The fourth-order valence-electron chi connectivity index (χ4n) is 3.42. The number of piperazine rings is 1. The monoisotopic (exact) mass is 451 g/mol. The van der Waals surface area contributed by atoms with Crippen molar-refractivity contribution < 1.29 is 19.5 Å². The van der Waals surface area contributed by atoms with Crippen LogP contribution in [-0.2, 0) is 11.3 Å². The summed E-state index contributed by atoms with van der Waals surface area (Å²) in [6, 6.07) is 12.2. The topological polar surface area (TPSA) is 93.5 Å². The Labute approximate surface area is 184 Å². The molecule has 2 aromatic rings. The van der Waals surface area contributed by atoms with Gasteiger partial charge >= 0.3 is 0 Å². The molecule has 0 aromatic heterocycles. The summed E-state index contributed by atoms with van der Waals surface area (Å²) in [6.45, 7) is 4.92. The van der Waals surface area contributed by atoms with Crippen molar-refractivity contribution in [1.82, 2.24) is 5.43 Å². The molecule has 0 spiro atoms. The average Bonchev–Trinajstić information content (AvgIpc) is 2.72. The van der Waals surface area contributed by atoms with Gasteiger partial charge < -0.3 is 9.80 Å². The molecule has 1 amide bonds. The lowest BCUT2D eigenvalue weighted by atomic mass is 10.2. The highest BCUT2D eigenvalue weighted by molar-refractivity contribution is 6.32. The number of carbonyl (C=O) groups is 1. The summed E-state index contributed by atoms with van der Waals surface area (Å²) in [7, 11) is 0. The van der Waals surface area contributed by atoms with Gasteiger partial charge in [0.1, 0.15) is 37.7 Å². The first-order chi connectivity index (χ1) is 14.4. The van der Waals surface area contributed by atoms with E-state index in [0.29, 0.717) is 12.1 Å². The number of amides is 1. The number of halogens is 2. The van der Waals surface area contributed by atoms with Crippen LogP contribution in [0, 0.1) is 10.1 Å². The fraction of sp³-hybridized carbons (Fsp3) is 0.300. The minimum atomic E-state index is -0.561. The van der Waals surface area contributed by atoms with Gasteiger partial charge in [-0.3, -0.25) is 14.9 Å². The molecular weight excluding hydrogens is 429 g/mol. The molecule has 1 saturated heterocycles. The number of rotatable bonds is 7. The molecule has 0 radical (unpaired) electrons. The van der Waals surface area contributed by atoms with Crippen molar-refractivity contribution in [2.24, 2.45) is 5.10 Å². The van der Waals surface area contributed by atoms with E-state index >= 15 is 0 Å². The van der Waals surface area contributed by atoms with Gasteiger partial charge in [-0.05, 0) is 12.1 Å². The molecule has 1 fully saturated rings. The van der Waals surface area contributed by atoms with E-state index in [4.69, 9.17) is 23.2 Å². The number of nitrogens with one attached hydrogen (secondary N) is 3. The van der Waals surface area contributed by atoms with Crippen LogP contribution in [0.25, 0.3) is 0 Å². The third-order valence-electron chi connectivity index (χ3n) is 5.04. The van der Waals surface area contributed by atoms with Crippen molar-refractivity contribution in [3.63, 3.8) is 0 Å². The van der Waals surface area contributed by atoms with Crippen molar-refractivity contribution in [1.29, 1.82) is 0 Å². The standard InChI is InChI=1S/C20H21Cl2N5O3/c21-17-4-2-1-3-16(17)13-25-7-9-26(10-8-25)14-20(28)24-23-12-15-5-6-18(22)19(11-15)27(29)30/h1-6,11-12H,7-10,13-14H2,(H,24,28)/p+2/b23-12-. The molecular formula is C20H23Cl2N5O3+2. The quantitative estimate of drug-likeness (QED) is 0.321. The first-order valence-electron chi connectivity index (χ1n) is 9.59. The first kappa shape index (κ1) is 22.2. The number of quaternary nitrogens is 2. The van der Waals surface area contributed by atoms with Gasteiger partial charge in [0, 0.05) is 22.2 Å². The van der Waals surface area contributed by atoms with Crippen LogP contribution in [-0.4, -0.2) is 49.8 Å². The number of nitrogens with zero attached hydrogens (tertiary/aromatic N) is 2. The summed E-state index contributed by atoms with van der Waals surface area (Å²) in [5.41, 5.74) is 3.91. The van der Waals surface area contributed by atoms with Crippen LogP contribution in [0.2, 0.25) is 10.0 Å². The molecule has 0 bridgehead atoms.